The van der Waals surface area contributed by atoms with Gasteiger partial charge < -0.3 is 16.4 Å². The monoisotopic (exact) mass is 221 g/mol. The van der Waals surface area contributed by atoms with Crippen molar-refractivity contribution >= 4 is 17.5 Å². The average molecular weight is 221 g/mol. The highest BCUT2D eigenvalue weighted by Crippen LogP contribution is 2.14. The van der Waals surface area contributed by atoms with E-state index in [0.29, 0.717) is 11.3 Å². The topological polar surface area (TPSA) is 84.2 Å². The predicted octanol–water partition coefficient (Wildman–Crippen LogP) is 0.252. The van der Waals surface area contributed by atoms with Crippen molar-refractivity contribution in [2.24, 2.45) is 5.73 Å². The van der Waals surface area contributed by atoms with E-state index in [-0.39, 0.29) is 12.5 Å². The Bertz CT molecular complexity index is 416. The molecule has 0 bridgehead atoms. The number of anilines is 1. The van der Waals surface area contributed by atoms with Gasteiger partial charge >= 0.3 is 0 Å². The average Bonchev–Trinajstić information content (AvgIpc) is 2.21. The molecule has 0 aliphatic rings. The van der Waals surface area contributed by atoms with Crippen molar-refractivity contribution in [2.45, 2.75) is 6.92 Å². The first-order valence-electron chi connectivity index (χ1n) is 4.89. The zero-order valence-corrected chi connectivity index (χ0v) is 9.33. The van der Waals surface area contributed by atoms with Crippen LogP contribution in [0.4, 0.5) is 5.69 Å². The Balaban J connectivity index is 2.87. The van der Waals surface area contributed by atoms with E-state index < -0.39 is 5.91 Å². The van der Waals surface area contributed by atoms with E-state index >= 15 is 0 Å². The van der Waals surface area contributed by atoms with Gasteiger partial charge in [0.05, 0.1) is 6.54 Å². The lowest BCUT2D eigenvalue weighted by Crippen LogP contribution is -2.25. The minimum atomic E-state index is -0.498. The smallest absolute Gasteiger partial charge is 0.249 e. The van der Waals surface area contributed by atoms with Gasteiger partial charge in [0.15, 0.2) is 0 Å². The van der Waals surface area contributed by atoms with Crippen LogP contribution in [-0.4, -0.2) is 25.4 Å². The summed E-state index contributed by atoms with van der Waals surface area (Å²) in [7, 11) is 1.68. The molecule has 2 amide bonds. The Morgan fingerprint density at radius 3 is 2.62 bits per heavy atom. The molecule has 0 saturated carbocycles. The maximum Gasteiger partial charge on any atom is 0.249 e. The Labute approximate surface area is 94.0 Å². The second-order valence-corrected chi connectivity index (χ2v) is 3.47. The van der Waals surface area contributed by atoms with Crippen LogP contribution in [0.1, 0.15) is 15.9 Å². The van der Waals surface area contributed by atoms with E-state index in [9.17, 15) is 9.59 Å². The summed E-state index contributed by atoms with van der Waals surface area (Å²) in [6.45, 7) is 2.01. The molecule has 0 saturated heterocycles. The predicted molar refractivity (Wildman–Crippen MR) is 62.3 cm³/mol. The molecular formula is C11H15N3O2. The lowest BCUT2D eigenvalue weighted by molar-refractivity contribution is -0.115. The highest BCUT2D eigenvalue weighted by Gasteiger charge is 2.07. The van der Waals surface area contributed by atoms with Crippen molar-refractivity contribution in [1.82, 2.24) is 5.32 Å². The number of carbonyl (C=O) groups excluding carboxylic acids is 2. The molecule has 0 radical (unpaired) electrons. The van der Waals surface area contributed by atoms with Gasteiger partial charge in [-0.1, -0.05) is 6.07 Å². The number of nitrogens with two attached hydrogens (primary N) is 1. The molecule has 0 spiro atoms. The largest absolute Gasteiger partial charge is 0.366 e. The number of carbonyl (C=O) groups is 2. The lowest BCUT2D eigenvalue weighted by Gasteiger charge is -2.07. The van der Waals surface area contributed by atoms with Gasteiger partial charge in [-0.25, -0.2) is 0 Å². The molecule has 1 rings (SSSR count). The summed E-state index contributed by atoms with van der Waals surface area (Å²) in [6, 6.07) is 5.05. The normalized spacial score (nSPS) is 9.88. The highest BCUT2D eigenvalue weighted by molar-refractivity contribution is 5.97. The molecule has 0 unspecified atom stereocenters. The van der Waals surface area contributed by atoms with Crippen LogP contribution in [0, 0.1) is 6.92 Å². The summed E-state index contributed by atoms with van der Waals surface area (Å²) in [5, 5.41) is 5.39. The van der Waals surface area contributed by atoms with Gasteiger partial charge in [-0.15, -0.1) is 0 Å². The second-order valence-electron chi connectivity index (χ2n) is 3.47. The van der Waals surface area contributed by atoms with E-state index in [1.165, 1.54) is 0 Å². The van der Waals surface area contributed by atoms with E-state index in [2.05, 4.69) is 10.6 Å². The highest BCUT2D eigenvalue weighted by atomic mass is 16.2. The Kier molecular flexibility index (Phi) is 4.02. The number of rotatable bonds is 4. The SMILES string of the molecule is CNCC(=O)Nc1ccc(C)c(C(N)=O)c1. The van der Waals surface area contributed by atoms with Gasteiger partial charge in [0.25, 0.3) is 0 Å². The molecule has 1 aromatic carbocycles. The number of hydrogen-bond donors (Lipinski definition) is 3. The van der Waals surface area contributed by atoms with Crippen LogP contribution in [0.2, 0.25) is 0 Å². The van der Waals surface area contributed by atoms with Crippen molar-refractivity contribution in [1.29, 1.82) is 0 Å². The van der Waals surface area contributed by atoms with Crippen LogP contribution in [0.25, 0.3) is 0 Å². The third kappa shape index (κ3) is 3.06. The van der Waals surface area contributed by atoms with Crippen LogP contribution >= 0.6 is 0 Å². The molecule has 5 nitrogen and oxygen atoms in total. The first kappa shape index (κ1) is 12.2. The van der Waals surface area contributed by atoms with Crippen molar-refractivity contribution < 1.29 is 9.59 Å². The number of benzene rings is 1. The number of hydrogen-bond acceptors (Lipinski definition) is 3. The van der Waals surface area contributed by atoms with E-state index in [4.69, 9.17) is 5.73 Å². The first-order valence-corrected chi connectivity index (χ1v) is 4.89. The van der Waals surface area contributed by atoms with Crippen LogP contribution in [0.3, 0.4) is 0 Å². The number of likely N-dealkylation sites (N-methyl/N-ethyl adjacent to an activating group) is 1. The number of aryl methyl sites for hydroxylation is 1. The van der Waals surface area contributed by atoms with E-state index in [1.54, 1.807) is 32.2 Å². The minimum absolute atomic E-state index is 0.165. The summed E-state index contributed by atoms with van der Waals surface area (Å²) in [6.07, 6.45) is 0. The Morgan fingerprint density at radius 1 is 1.38 bits per heavy atom. The molecule has 16 heavy (non-hydrogen) atoms. The van der Waals surface area contributed by atoms with Gasteiger partial charge in [0.2, 0.25) is 11.8 Å². The number of nitrogens with one attached hydrogen (secondary N) is 2. The summed E-state index contributed by atoms with van der Waals surface area (Å²) in [4.78, 5) is 22.4. The zero-order chi connectivity index (χ0) is 12.1. The summed E-state index contributed by atoms with van der Waals surface area (Å²) in [5.74, 6) is -0.663. The summed E-state index contributed by atoms with van der Waals surface area (Å²) < 4.78 is 0. The van der Waals surface area contributed by atoms with Crippen LogP contribution in [0.15, 0.2) is 18.2 Å². The lowest BCUT2D eigenvalue weighted by atomic mass is 10.1. The molecule has 4 N–H and O–H groups in total. The van der Waals surface area contributed by atoms with Gasteiger partial charge in [-0.2, -0.15) is 0 Å². The summed E-state index contributed by atoms with van der Waals surface area (Å²) >= 11 is 0. The van der Waals surface area contributed by atoms with E-state index in [0.717, 1.165) is 5.56 Å². The standard InChI is InChI=1S/C11H15N3O2/c1-7-3-4-8(5-9(7)11(12)16)14-10(15)6-13-2/h3-5,13H,6H2,1-2H3,(H2,12,16)(H,14,15). The third-order valence-corrected chi connectivity index (χ3v) is 2.12. The van der Waals surface area contributed by atoms with Crippen LogP contribution in [-0.2, 0) is 4.79 Å². The van der Waals surface area contributed by atoms with Gasteiger partial charge in [-0.3, -0.25) is 9.59 Å². The molecule has 0 aromatic heterocycles. The fourth-order valence-electron chi connectivity index (χ4n) is 1.33. The Morgan fingerprint density at radius 2 is 2.06 bits per heavy atom. The van der Waals surface area contributed by atoms with Crippen molar-refractivity contribution in [3.8, 4) is 0 Å². The molecule has 0 aliphatic heterocycles. The van der Waals surface area contributed by atoms with Gasteiger partial charge in [-0.05, 0) is 31.7 Å². The zero-order valence-electron chi connectivity index (χ0n) is 9.33. The molecule has 5 heteroatoms. The maximum atomic E-state index is 11.3. The molecule has 1 aromatic rings. The fraction of sp³-hybridized carbons (Fsp3) is 0.273. The summed E-state index contributed by atoms with van der Waals surface area (Å²) in [5.41, 5.74) is 6.99. The van der Waals surface area contributed by atoms with Gasteiger partial charge in [0, 0.05) is 11.3 Å². The molecule has 86 valence electrons. The van der Waals surface area contributed by atoms with Gasteiger partial charge in [0.1, 0.15) is 0 Å². The molecule has 0 fully saturated rings. The Hall–Kier alpha value is -1.88. The van der Waals surface area contributed by atoms with Crippen LogP contribution < -0.4 is 16.4 Å². The van der Waals surface area contributed by atoms with E-state index in [1.807, 2.05) is 0 Å². The van der Waals surface area contributed by atoms with Crippen molar-refractivity contribution in [3.05, 3.63) is 29.3 Å². The number of primary amides is 1. The molecular weight excluding hydrogens is 206 g/mol. The third-order valence-electron chi connectivity index (χ3n) is 2.12. The first-order chi connectivity index (χ1) is 7.54. The van der Waals surface area contributed by atoms with Crippen molar-refractivity contribution in [2.75, 3.05) is 18.9 Å². The molecule has 0 atom stereocenters. The second kappa shape index (κ2) is 5.27. The van der Waals surface area contributed by atoms with Crippen molar-refractivity contribution in [3.63, 3.8) is 0 Å². The molecule has 0 heterocycles. The quantitative estimate of drug-likeness (QED) is 0.681. The maximum absolute atomic E-state index is 11.3. The minimum Gasteiger partial charge on any atom is -0.366 e. The fourth-order valence-corrected chi connectivity index (χ4v) is 1.33. The van der Waals surface area contributed by atoms with Crippen LogP contribution in [0.5, 0.6) is 0 Å². The molecule has 0 aliphatic carbocycles. The number of amides is 2.